The van der Waals surface area contributed by atoms with Crippen LogP contribution in [0.15, 0.2) is 243 Å². The average molecular weight is 821 g/mol. The first-order chi connectivity index (χ1) is 31.2. The van der Waals surface area contributed by atoms with Crippen LogP contribution in [-0.2, 0) is 0 Å². The van der Waals surface area contributed by atoms with Crippen LogP contribution >= 0.6 is 11.3 Å². The Labute approximate surface area is 370 Å². The molecule has 0 spiro atoms. The van der Waals surface area contributed by atoms with Gasteiger partial charge < -0.3 is 9.47 Å². The maximum absolute atomic E-state index is 2.39. The molecule has 0 saturated carbocycles. The van der Waals surface area contributed by atoms with Gasteiger partial charge in [-0.1, -0.05) is 182 Å². The van der Waals surface area contributed by atoms with Crippen molar-refractivity contribution in [2.75, 3.05) is 4.90 Å². The highest BCUT2D eigenvalue weighted by atomic mass is 32.1. The molecular formula is C60H40N2S. The zero-order valence-electron chi connectivity index (χ0n) is 34.4. The summed E-state index contributed by atoms with van der Waals surface area (Å²) in [6.45, 7) is 0. The summed E-state index contributed by atoms with van der Waals surface area (Å²) in [6.07, 6.45) is 0. The van der Waals surface area contributed by atoms with Crippen molar-refractivity contribution in [3.63, 3.8) is 0 Å². The third kappa shape index (κ3) is 6.50. The number of para-hydroxylation sites is 2. The van der Waals surface area contributed by atoms with Crippen molar-refractivity contribution in [2.24, 2.45) is 0 Å². The summed E-state index contributed by atoms with van der Waals surface area (Å²) in [6, 6.07) is 88.1. The van der Waals surface area contributed by atoms with Crippen LogP contribution in [0, 0.1) is 0 Å². The van der Waals surface area contributed by atoms with Gasteiger partial charge in [0, 0.05) is 53.7 Å². The molecule has 0 aliphatic heterocycles. The predicted octanol–water partition coefficient (Wildman–Crippen LogP) is 17.3. The second-order valence-electron chi connectivity index (χ2n) is 16.1. The Morgan fingerprint density at radius 1 is 0.286 bits per heavy atom. The number of fused-ring (bicyclic) bond motifs is 6. The van der Waals surface area contributed by atoms with Crippen molar-refractivity contribution >= 4 is 70.4 Å². The topological polar surface area (TPSA) is 8.17 Å². The highest BCUT2D eigenvalue weighted by molar-refractivity contribution is 7.26. The van der Waals surface area contributed by atoms with E-state index in [1.807, 2.05) is 11.3 Å². The van der Waals surface area contributed by atoms with Crippen molar-refractivity contribution in [1.82, 2.24) is 4.57 Å². The second-order valence-corrected chi connectivity index (χ2v) is 17.1. The number of anilines is 3. The zero-order chi connectivity index (χ0) is 41.7. The molecule has 2 aromatic heterocycles. The molecule has 0 N–H and O–H groups in total. The highest BCUT2D eigenvalue weighted by Crippen LogP contribution is 2.45. The Morgan fingerprint density at radius 3 is 1.21 bits per heavy atom. The molecule has 3 heteroatoms. The molecule has 0 fully saturated rings. The molecule has 2 heterocycles. The molecule has 0 unspecified atom stereocenters. The summed E-state index contributed by atoms with van der Waals surface area (Å²) in [5.74, 6) is 0. The van der Waals surface area contributed by atoms with Gasteiger partial charge in [-0.2, -0.15) is 0 Å². The summed E-state index contributed by atoms with van der Waals surface area (Å²) in [7, 11) is 0. The molecule has 0 aliphatic carbocycles. The van der Waals surface area contributed by atoms with Crippen LogP contribution in [0.2, 0.25) is 0 Å². The van der Waals surface area contributed by atoms with Gasteiger partial charge in [0.25, 0.3) is 0 Å². The fourth-order valence-corrected chi connectivity index (χ4v) is 10.8. The summed E-state index contributed by atoms with van der Waals surface area (Å²) in [4.78, 5) is 2.36. The maximum atomic E-state index is 2.39. The summed E-state index contributed by atoms with van der Waals surface area (Å²) in [5, 5.41) is 5.14. The van der Waals surface area contributed by atoms with Crippen molar-refractivity contribution < 1.29 is 0 Å². The zero-order valence-corrected chi connectivity index (χ0v) is 35.2. The largest absolute Gasteiger partial charge is 0.311 e. The van der Waals surface area contributed by atoms with Crippen LogP contribution in [0.25, 0.3) is 92.2 Å². The van der Waals surface area contributed by atoms with Gasteiger partial charge in [0.15, 0.2) is 0 Å². The van der Waals surface area contributed by atoms with Crippen LogP contribution in [0.1, 0.15) is 0 Å². The highest BCUT2D eigenvalue weighted by Gasteiger charge is 2.18. The normalized spacial score (nSPS) is 11.5. The van der Waals surface area contributed by atoms with Crippen molar-refractivity contribution in [1.29, 1.82) is 0 Å². The molecule has 0 aliphatic rings. The fourth-order valence-electron chi connectivity index (χ4n) is 9.39. The monoisotopic (exact) mass is 820 g/mol. The van der Waals surface area contributed by atoms with Gasteiger partial charge in [-0.3, -0.25) is 0 Å². The Balaban J connectivity index is 0.921. The minimum atomic E-state index is 1.09. The van der Waals surface area contributed by atoms with Gasteiger partial charge in [0.1, 0.15) is 0 Å². The molecule has 12 aromatic rings. The van der Waals surface area contributed by atoms with Gasteiger partial charge in [-0.25, -0.2) is 0 Å². The van der Waals surface area contributed by atoms with E-state index in [0.29, 0.717) is 0 Å². The number of rotatable bonds is 8. The first-order valence-corrected chi connectivity index (χ1v) is 22.3. The first-order valence-electron chi connectivity index (χ1n) is 21.5. The lowest BCUT2D eigenvalue weighted by atomic mass is 10.00. The number of nitrogens with zero attached hydrogens (tertiary/aromatic N) is 2. The van der Waals surface area contributed by atoms with Crippen molar-refractivity contribution in [3.8, 4) is 50.2 Å². The van der Waals surface area contributed by atoms with E-state index in [1.54, 1.807) is 0 Å². The van der Waals surface area contributed by atoms with E-state index < -0.39 is 0 Å². The van der Waals surface area contributed by atoms with E-state index in [1.165, 1.54) is 86.5 Å². The minimum absolute atomic E-state index is 1.09. The average Bonchev–Trinajstić information content (AvgIpc) is 3.92. The van der Waals surface area contributed by atoms with Gasteiger partial charge in [0.05, 0.1) is 11.0 Å². The Bertz CT molecular complexity index is 3530. The molecule has 0 atom stereocenters. The molecule has 2 nitrogen and oxygen atoms in total. The lowest BCUT2D eigenvalue weighted by Crippen LogP contribution is -2.09. The van der Waals surface area contributed by atoms with Gasteiger partial charge in [-0.05, 0) is 105 Å². The summed E-state index contributed by atoms with van der Waals surface area (Å²) < 4.78 is 5.03. The SMILES string of the molecule is c1ccc(-c2ccc(N(c3ccc(-c4cccc(-n5c6ccccc6c6ccccc65)c4)cc3)c3ccc(-c4cccc5c4sc4c(-c6ccccc6)cccc45)cc3)cc2)cc1. The standard InChI is InChI=1S/C60H40N2S/c1-3-14-41(15-4-1)42-28-34-47(35-29-42)61(48-36-30-43(31-37-48)46-18-11-19-50(40-46)62-57-26-9-7-20-53(57)54-21-8-10-27-58(54)62)49-38-32-45(33-39-49)52-23-13-25-56-55-24-12-22-51(59(55)63-60(52)56)44-16-5-2-6-17-44/h1-40H. The van der Waals surface area contributed by atoms with Crippen molar-refractivity contribution in [3.05, 3.63) is 243 Å². The molecule has 12 rings (SSSR count). The Kier molecular flexibility index (Phi) is 9.06. The number of thiophene rings is 1. The minimum Gasteiger partial charge on any atom is -0.311 e. The van der Waals surface area contributed by atoms with Gasteiger partial charge >= 0.3 is 0 Å². The third-order valence-corrected chi connectivity index (χ3v) is 13.7. The van der Waals surface area contributed by atoms with E-state index in [0.717, 1.165) is 22.7 Å². The molecule has 0 amide bonds. The van der Waals surface area contributed by atoms with E-state index in [9.17, 15) is 0 Å². The third-order valence-electron chi connectivity index (χ3n) is 12.4. The Morgan fingerprint density at radius 2 is 0.667 bits per heavy atom. The van der Waals surface area contributed by atoms with Gasteiger partial charge in [0.2, 0.25) is 0 Å². The van der Waals surface area contributed by atoms with Crippen LogP contribution in [0.5, 0.6) is 0 Å². The molecule has 0 saturated heterocycles. The lowest BCUT2D eigenvalue weighted by Gasteiger charge is -2.26. The van der Waals surface area contributed by atoms with Crippen LogP contribution in [-0.4, -0.2) is 4.57 Å². The van der Waals surface area contributed by atoms with Crippen molar-refractivity contribution in [2.45, 2.75) is 0 Å². The van der Waals surface area contributed by atoms with Gasteiger partial charge in [-0.15, -0.1) is 11.3 Å². The van der Waals surface area contributed by atoms with E-state index in [2.05, 4.69) is 252 Å². The second kappa shape index (κ2) is 15.5. The van der Waals surface area contributed by atoms with Crippen LogP contribution in [0.3, 0.4) is 0 Å². The lowest BCUT2D eigenvalue weighted by molar-refractivity contribution is 1.18. The molecule has 0 radical (unpaired) electrons. The fraction of sp³-hybridized carbons (Fsp3) is 0. The summed E-state index contributed by atoms with van der Waals surface area (Å²) >= 11 is 1.90. The molecule has 0 bridgehead atoms. The van der Waals surface area contributed by atoms with Crippen LogP contribution in [0.4, 0.5) is 17.1 Å². The van der Waals surface area contributed by atoms with Crippen LogP contribution < -0.4 is 4.90 Å². The molecular weight excluding hydrogens is 781 g/mol. The maximum Gasteiger partial charge on any atom is 0.0541 e. The quantitative estimate of drug-likeness (QED) is 0.148. The number of hydrogen-bond donors (Lipinski definition) is 0. The molecule has 296 valence electrons. The Hall–Kier alpha value is -7.98. The number of aromatic nitrogens is 1. The van der Waals surface area contributed by atoms with E-state index >= 15 is 0 Å². The number of benzene rings is 10. The van der Waals surface area contributed by atoms with E-state index in [4.69, 9.17) is 0 Å². The van der Waals surface area contributed by atoms with E-state index in [-0.39, 0.29) is 0 Å². The molecule has 10 aromatic carbocycles. The predicted molar refractivity (Wildman–Crippen MR) is 270 cm³/mol. The smallest absolute Gasteiger partial charge is 0.0541 e. The molecule has 63 heavy (non-hydrogen) atoms. The summed E-state index contributed by atoms with van der Waals surface area (Å²) in [5.41, 5.74) is 16.6. The number of hydrogen-bond acceptors (Lipinski definition) is 2. The first kappa shape index (κ1) is 36.8.